The fourth-order valence-electron chi connectivity index (χ4n) is 1.72. The number of hydrogen-bond acceptors (Lipinski definition) is 1. The van der Waals surface area contributed by atoms with Crippen molar-refractivity contribution in [1.82, 2.24) is 0 Å². The standard InChI is InChI=1S/C11H14NO/c1-12-6-4-11(9-2-3-9)10(8-12)5-7-13/h4,6-9H,2-3,5H2,1H3/q+1. The van der Waals surface area contributed by atoms with Crippen LogP contribution in [0, 0.1) is 0 Å². The molecule has 1 heterocycles. The summed E-state index contributed by atoms with van der Waals surface area (Å²) in [5.41, 5.74) is 2.58. The molecule has 1 saturated carbocycles. The number of hydrogen-bond donors (Lipinski definition) is 0. The molecule has 0 saturated heterocycles. The Kier molecular flexibility index (Phi) is 2.13. The van der Waals surface area contributed by atoms with Gasteiger partial charge < -0.3 is 4.79 Å². The molecule has 0 atom stereocenters. The molecule has 1 aliphatic carbocycles. The van der Waals surface area contributed by atoms with Crippen LogP contribution < -0.4 is 4.57 Å². The van der Waals surface area contributed by atoms with E-state index in [0.29, 0.717) is 6.42 Å². The Morgan fingerprint density at radius 1 is 1.62 bits per heavy atom. The van der Waals surface area contributed by atoms with E-state index in [1.807, 2.05) is 11.6 Å². The highest BCUT2D eigenvalue weighted by atomic mass is 16.1. The first-order valence-corrected chi connectivity index (χ1v) is 4.73. The van der Waals surface area contributed by atoms with Crippen molar-refractivity contribution in [2.75, 3.05) is 0 Å². The van der Waals surface area contributed by atoms with Crippen LogP contribution in [0.1, 0.15) is 29.9 Å². The third kappa shape index (κ3) is 1.77. The molecule has 13 heavy (non-hydrogen) atoms. The molecule has 0 spiro atoms. The zero-order valence-electron chi connectivity index (χ0n) is 7.86. The summed E-state index contributed by atoms with van der Waals surface area (Å²) in [6, 6.07) is 2.15. The minimum Gasteiger partial charge on any atom is -0.303 e. The number of nitrogens with zero attached hydrogens (tertiary/aromatic N) is 1. The number of pyridine rings is 1. The van der Waals surface area contributed by atoms with Gasteiger partial charge in [-0.15, -0.1) is 0 Å². The molecule has 2 rings (SSSR count). The first-order valence-electron chi connectivity index (χ1n) is 4.73. The molecule has 1 fully saturated rings. The lowest BCUT2D eigenvalue weighted by molar-refractivity contribution is -0.672. The molecule has 0 radical (unpaired) electrons. The molecule has 0 bridgehead atoms. The summed E-state index contributed by atoms with van der Waals surface area (Å²) in [5, 5.41) is 0. The monoisotopic (exact) mass is 176 g/mol. The van der Waals surface area contributed by atoms with Crippen LogP contribution in [0.25, 0.3) is 0 Å². The summed E-state index contributed by atoms with van der Waals surface area (Å²) in [7, 11) is 1.99. The van der Waals surface area contributed by atoms with Crippen molar-refractivity contribution in [1.29, 1.82) is 0 Å². The SMILES string of the molecule is C[n+]1ccc(C2CC2)c(CC=O)c1. The van der Waals surface area contributed by atoms with E-state index in [2.05, 4.69) is 18.5 Å². The van der Waals surface area contributed by atoms with E-state index in [9.17, 15) is 4.79 Å². The van der Waals surface area contributed by atoms with Gasteiger partial charge in [-0.25, -0.2) is 4.57 Å². The summed E-state index contributed by atoms with van der Waals surface area (Å²) in [5.74, 6) is 0.733. The summed E-state index contributed by atoms with van der Waals surface area (Å²) in [4.78, 5) is 10.5. The van der Waals surface area contributed by atoms with Crippen LogP contribution in [-0.4, -0.2) is 6.29 Å². The van der Waals surface area contributed by atoms with E-state index in [1.165, 1.54) is 24.0 Å². The van der Waals surface area contributed by atoms with E-state index in [-0.39, 0.29) is 0 Å². The fourth-order valence-corrected chi connectivity index (χ4v) is 1.72. The highest BCUT2D eigenvalue weighted by Crippen LogP contribution is 2.41. The van der Waals surface area contributed by atoms with Crippen molar-refractivity contribution < 1.29 is 9.36 Å². The predicted molar refractivity (Wildman–Crippen MR) is 49.4 cm³/mol. The second-order valence-corrected chi connectivity index (χ2v) is 3.74. The average molecular weight is 176 g/mol. The maximum absolute atomic E-state index is 10.5. The smallest absolute Gasteiger partial charge is 0.172 e. The Balaban J connectivity index is 2.35. The van der Waals surface area contributed by atoms with Crippen LogP contribution in [0.15, 0.2) is 18.5 Å². The zero-order valence-corrected chi connectivity index (χ0v) is 7.86. The van der Waals surface area contributed by atoms with Crippen molar-refractivity contribution in [3.05, 3.63) is 29.6 Å². The van der Waals surface area contributed by atoms with Gasteiger partial charge in [-0.2, -0.15) is 0 Å². The van der Waals surface area contributed by atoms with Gasteiger partial charge in [-0.1, -0.05) is 0 Å². The molecule has 0 aliphatic heterocycles. The molecule has 2 nitrogen and oxygen atoms in total. The molecule has 1 aliphatic rings. The lowest BCUT2D eigenvalue weighted by atomic mass is 10.0. The predicted octanol–water partition coefficient (Wildman–Crippen LogP) is 1.13. The largest absolute Gasteiger partial charge is 0.303 e. The van der Waals surface area contributed by atoms with Crippen LogP contribution in [0.2, 0.25) is 0 Å². The van der Waals surface area contributed by atoms with Crippen molar-refractivity contribution in [3.63, 3.8) is 0 Å². The molecule has 2 heteroatoms. The molecular formula is C11H14NO+. The minimum atomic E-state index is 0.556. The van der Waals surface area contributed by atoms with Crippen molar-refractivity contribution in [2.24, 2.45) is 7.05 Å². The number of aldehydes is 1. The number of rotatable bonds is 3. The molecule has 0 N–H and O–H groups in total. The number of carbonyl (C=O) groups is 1. The van der Waals surface area contributed by atoms with E-state index >= 15 is 0 Å². The lowest BCUT2D eigenvalue weighted by Gasteiger charge is -2.02. The van der Waals surface area contributed by atoms with E-state index in [4.69, 9.17) is 0 Å². The second kappa shape index (κ2) is 3.29. The normalized spacial score (nSPS) is 15.8. The van der Waals surface area contributed by atoms with Crippen LogP contribution >= 0.6 is 0 Å². The van der Waals surface area contributed by atoms with Gasteiger partial charge in [0.25, 0.3) is 0 Å². The van der Waals surface area contributed by atoms with Gasteiger partial charge in [0.1, 0.15) is 13.3 Å². The van der Waals surface area contributed by atoms with Crippen LogP contribution in [0.5, 0.6) is 0 Å². The van der Waals surface area contributed by atoms with Gasteiger partial charge in [-0.05, 0) is 24.3 Å². The average Bonchev–Trinajstić information content (AvgIpc) is 2.88. The van der Waals surface area contributed by atoms with Crippen LogP contribution in [-0.2, 0) is 18.3 Å². The maximum Gasteiger partial charge on any atom is 0.172 e. The van der Waals surface area contributed by atoms with Crippen LogP contribution in [0.3, 0.4) is 0 Å². The van der Waals surface area contributed by atoms with E-state index < -0.39 is 0 Å². The summed E-state index contributed by atoms with van der Waals surface area (Å²) in [6.45, 7) is 0. The molecule has 0 aromatic carbocycles. The molecule has 0 unspecified atom stereocenters. The topological polar surface area (TPSA) is 20.9 Å². The highest BCUT2D eigenvalue weighted by molar-refractivity contribution is 5.56. The summed E-state index contributed by atoms with van der Waals surface area (Å²) >= 11 is 0. The fraction of sp³-hybridized carbons (Fsp3) is 0.455. The Bertz CT molecular complexity index is 329. The quantitative estimate of drug-likeness (QED) is 0.499. The van der Waals surface area contributed by atoms with Crippen molar-refractivity contribution in [2.45, 2.75) is 25.2 Å². The Labute approximate surface area is 78.2 Å². The summed E-state index contributed by atoms with van der Waals surface area (Å²) < 4.78 is 2.00. The number of aryl methyl sites for hydroxylation is 1. The Morgan fingerprint density at radius 3 is 3.00 bits per heavy atom. The number of aromatic nitrogens is 1. The second-order valence-electron chi connectivity index (χ2n) is 3.74. The maximum atomic E-state index is 10.5. The highest BCUT2D eigenvalue weighted by Gasteiger charge is 2.26. The van der Waals surface area contributed by atoms with Gasteiger partial charge in [0.05, 0.1) is 0 Å². The zero-order chi connectivity index (χ0) is 9.26. The van der Waals surface area contributed by atoms with E-state index in [1.54, 1.807) is 0 Å². The van der Waals surface area contributed by atoms with Gasteiger partial charge in [0, 0.05) is 18.1 Å². The molecular weight excluding hydrogens is 162 g/mol. The van der Waals surface area contributed by atoms with Gasteiger partial charge in [-0.3, -0.25) is 0 Å². The van der Waals surface area contributed by atoms with Crippen molar-refractivity contribution >= 4 is 6.29 Å². The lowest BCUT2D eigenvalue weighted by Crippen LogP contribution is -2.27. The Hall–Kier alpha value is -1.18. The first kappa shape index (κ1) is 8.42. The van der Waals surface area contributed by atoms with Crippen LogP contribution in [0.4, 0.5) is 0 Å². The van der Waals surface area contributed by atoms with Gasteiger partial charge in [0.2, 0.25) is 0 Å². The Morgan fingerprint density at radius 2 is 2.38 bits per heavy atom. The van der Waals surface area contributed by atoms with Crippen molar-refractivity contribution in [3.8, 4) is 0 Å². The molecule has 0 amide bonds. The number of carbonyl (C=O) groups excluding carboxylic acids is 1. The molecule has 1 aromatic rings. The van der Waals surface area contributed by atoms with E-state index in [0.717, 1.165) is 12.2 Å². The first-order chi connectivity index (χ1) is 6.31. The molecule has 68 valence electrons. The summed E-state index contributed by atoms with van der Waals surface area (Å²) in [6.07, 6.45) is 8.24. The minimum absolute atomic E-state index is 0.556. The molecule has 1 aromatic heterocycles. The van der Waals surface area contributed by atoms with Gasteiger partial charge in [0.15, 0.2) is 12.4 Å². The third-order valence-corrected chi connectivity index (χ3v) is 2.54. The third-order valence-electron chi connectivity index (χ3n) is 2.54. The van der Waals surface area contributed by atoms with Gasteiger partial charge >= 0.3 is 0 Å².